The molecule has 0 aliphatic carbocycles. The van der Waals surface area contributed by atoms with E-state index in [1.165, 1.54) is 0 Å². The molecule has 1 aliphatic rings. The van der Waals surface area contributed by atoms with Gasteiger partial charge >= 0.3 is 0 Å². The van der Waals surface area contributed by atoms with Crippen LogP contribution in [0.3, 0.4) is 0 Å². The zero-order valence-corrected chi connectivity index (χ0v) is 14.5. The third-order valence-electron chi connectivity index (χ3n) is 3.96. The maximum Gasteiger partial charge on any atom is 0.165 e. The molecular weight excluding hydrogens is 366 g/mol. The zero-order valence-electron chi connectivity index (χ0n) is 12.9. The van der Waals surface area contributed by atoms with E-state index in [0.717, 1.165) is 32.9 Å². The Labute approximate surface area is 148 Å². The summed E-state index contributed by atoms with van der Waals surface area (Å²) in [6.07, 6.45) is 0. The van der Waals surface area contributed by atoms with Crippen molar-refractivity contribution >= 4 is 21.8 Å². The van der Waals surface area contributed by atoms with Crippen molar-refractivity contribution < 1.29 is 0 Å². The molecule has 0 fully saturated rings. The van der Waals surface area contributed by atoms with Crippen LogP contribution in [0.15, 0.2) is 70.1 Å². The summed E-state index contributed by atoms with van der Waals surface area (Å²) < 4.78 is 2.80. The van der Waals surface area contributed by atoms with Crippen molar-refractivity contribution in [1.82, 2.24) is 14.8 Å². The molecule has 2 heterocycles. The predicted octanol–water partition coefficient (Wildman–Crippen LogP) is 3.24. The van der Waals surface area contributed by atoms with Gasteiger partial charge in [-0.25, -0.2) is 10.5 Å². The smallest absolute Gasteiger partial charge is 0.165 e. The van der Waals surface area contributed by atoms with Gasteiger partial charge < -0.3 is 0 Å². The second-order valence-electron chi connectivity index (χ2n) is 5.52. The van der Waals surface area contributed by atoms with E-state index in [9.17, 15) is 0 Å². The highest BCUT2D eigenvalue weighted by Gasteiger charge is 2.26. The normalized spacial score (nSPS) is 14.1. The molecule has 1 aromatic heterocycles. The fourth-order valence-electron chi connectivity index (χ4n) is 2.80. The van der Waals surface area contributed by atoms with Crippen molar-refractivity contribution in [3.63, 3.8) is 0 Å². The van der Waals surface area contributed by atoms with E-state index >= 15 is 0 Å². The number of halogens is 1. The minimum absolute atomic E-state index is 0.693. The van der Waals surface area contributed by atoms with Gasteiger partial charge in [-0.15, -0.1) is 0 Å². The van der Waals surface area contributed by atoms with Gasteiger partial charge in [0.25, 0.3) is 0 Å². The van der Waals surface area contributed by atoms with Gasteiger partial charge in [0.1, 0.15) is 11.4 Å². The minimum atomic E-state index is 0.693. The summed E-state index contributed by atoms with van der Waals surface area (Å²) in [5.74, 6) is 6.87. The lowest BCUT2D eigenvalue weighted by Gasteiger charge is -2.15. The van der Waals surface area contributed by atoms with E-state index in [1.54, 1.807) is 5.01 Å². The molecule has 2 aromatic carbocycles. The summed E-state index contributed by atoms with van der Waals surface area (Å²) in [6, 6.07) is 20.1. The van der Waals surface area contributed by atoms with E-state index in [-0.39, 0.29) is 0 Å². The van der Waals surface area contributed by atoms with Crippen LogP contribution in [0, 0.1) is 0 Å². The first-order valence-electron chi connectivity index (χ1n) is 7.72. The standard InChI is InChI=1S/C18H16BrN5/c19-15-16(13-7-3-1-4-8-13)22-24(14-9-5-2-6-10-14)17(15)18-21-11-12-23(18)20/h1-10H,11-12,20H2. The topological polar surface area (TPSA) is 59.4 Å². The average Bonchev–Trinajstić information content (AvgIpc) is 3.19. The Balaban J connectivity index is 1.95. The fourth-order valence-corrected chi connectivity index (χ4v) is 3.45. The lowest BCUT2D eigenvalue weighted by Crippen LogP contribution is -2.36. The van der Waals surface area contributed by atoms with Crippen LogP contribution in [0.25, 0.3) is 16.9 Å². The molecule has 0 amide bonds. The van der Waals surface area contributed by atoms with Crippen LogP contribution in [0.4, 0.5) is 0 Å². The number of aliphatic imine (C=N–C) groups is 1. The largest absolute Gasteiger partial charge is 0.291 e. The van der Waals surface area contributed by atoms with Crippen LogP contribution in [0.1, 0.15) is 5.69 Å². The number of hydrogen-bond donors (Lipinski definition) is 1. The third-order valence-corrected chi connectivity index (χ3v) is 4.71. The van der Waals surface area contributed by atoms with Crippen molar-refractivity contribution in [2.75, 3.05) is 13.1 Å². The Hall–Kier alpha value is -2.44. The van der Waals surface area contributed by atoms with Gasteiger partial charge in [0.2, 0.25) is 0 Å². The number of hydrazine groups is 1. The number of hydrogen-bond acceptors (Lipinski definition) is 4. The highest BCUT2D eigenvalue weighted by Crippen LogP contribution is 2.33. The maximum absolute atomic E-state index is 6.12. The number of para-hydroxylation sites is 1. The number of nitrogens with zero attached hydrogens (tertiary/aromatic N) is 4. The summed E-state index contributed by atoms with van der Waals surface area (Å²) in [7, 11) is 0. The molecule has 2 N–H and O–H groups in total. The van der Waals surface area contributed by atoms with Crippen molar-refractivity contribution in [1.29, 1.82) is 0 Å². The Bertz CT molecular complexity index is 887. The second-order valence-corrected chi connectivity index (χ2v) is 6.32. The van der Waals surface area contributed by atoms with Crippen LogP contribution < -0.4 is 5.84 Å². The molecule has 0 radical (unpaired) electrons. The second kappa shape index (κ2) is 6.22. The number of amidine groups is 1. The molecule has 0 unspecified atom stereocenters. The van der Waals surface area contributed by atoms with E-state index < -0.39 is 0 Å². The van der Waals surface area contributed by atoms with Gasteiger partial charge in [-0.2, -0.15) is 5.10 Å². The average molecular weight is 382 g/mol. The minimum Gasteiger partial charge on any atom is -0.291 e. The van der Waals surface area contributed by atoms with Gasteiger partial charge in [-0.05, 0) is 28.1 Å². The van der Waals surface area contributed by atoms with Gasteiger partial charge in [-0.3, -0.25) is 10.0 Å². The highest BCUT2D eigenvalue weighted by molar-refractivity contribution is 9.10. The Morgan fingerprint density at radius 1 is 0.958 bits per heavy atom. The van der Waals surface area contributed by atoms with E-state index in [2.05, 4.69) is 20.9 Å². The molecule has 24 heavy (non-hydrogen) atoms. The molecule has 5 nitrogen and oxygen atoms in total. The number of nitrogens with two attached hydrogens (primary N) is 1. The predicted molar refractivity (Wildman–Crippen MR) is 99.0 cm³/mol. The van der Waals surface area contributed by atoms with E-state index in [4.69, 9.17) is 10.9 Å². The Kier molecular flexibility index (Phi) is 3.92. The van der Waals surface area contributed by atoms with Gasteiger partial charge in [0, 0.05) is 5.56 Å². The summed E-state index contributed by atoms with van der Waals surface area (Å²) >= 11 is 3.73. The molecular formula is C18H16BrN5. The van der Waals surface area contributed by atoms with Crippen LogP contribution in [-0.2, 0) is 0 Å². The lowest BCUT2D eigenvalue weighted by atomic mass is 10.1. The molecule has 0 spiro atoms. The quantitative estimate of drug-likeness (QED) is 0.708. The zero-order chi connectivity index (χ0) is 16.5. The van der Waals surface area contributed by atoms with Crippen molar-refractivity contribution in [2.24, 2.45) is 10.8 Å². The van der Waals surface area contributed by atoms with Gasteiger partial charge in [0.15, 0.2) is 5.84 Å². The molecule has 120 valence electrons. The molecule has 0 saturated carbocycles. The van der Waals surface area contributed by atoms with Crippen LogP contribution >= 0.6 is 15.9 Å². The Morgan fingerprint density at radius 2 is 1.62 bits per heavy atom. The number of aromatic nitrogens is 2. The lowest BCUT2D eigenvalue weighted by molar-refractivity contribution is 0.482. The molecule has 6 heteroatoms. The van der Waals surface area contributed by atoms with Gasteiger partial charge in [0.05, 0.1) is 23.2 Å². The summed E-state index contributed by atoms with van der Waals surface area (Å²) in [4.78, 5) is 4.57. The van der Waals surface area contributed by atoms with Crippen molar-refractivity contribution in [3.8, 4) is 16.9 Å². The van der Waals surface area contributed by atoms with Crippen molar-refractivity contribution in [2.45, 2.75) is 0 Å². The summed E-state index contributed by atoms with van der Waals surface area (Å²) in [5, 5.41) is 6.51. The number of benzene rings is 2. The highest BCUT2D eigenvalue weighted by atomic mass is 79.9. The van der Waals surface area contributed by atoms with Gasteiger partial charge in [-0.1, -0.05) is 48.5 Å². The SMILES string of the molecule is NN1CCN=C1c1c(Br)c(-c2ccccc2)nn1-c1ccccc1. The summed E-state index contributed by atoms with van der Waals surface area (Å²) in [5.41, 5.74) is 3.76. The first-order valence-corrected chi connectivity index (χ1v) is 8.51. The molecule has 1 aliphatic heterocycles. The van der Waals surface area contributed by atoms with E-state index in [0.29, 0.717) is 13.1 Å². The van der Waals surface area contributed by atoms with Crippen LogP contribution in [0.2, 0.25) is 0 Å². The monoisotopic (exact) mass is 381 g/mol. The first-order chi connectivity index (χ1) is 11.8. The fraction of sp³-hybridized carbons (Fsp3) is 0.111. The molecule has 3 aromatic rings. The van der Waals surface area contributed by atoms with E-state index in [1.807, 2.05) is 65.3 Å². The van der Waals surface area contributed by atoms with Crippen molar-refractivity contribution in [3.05, 3.63) is 70.8 Å². The molecule has 4 rings (SSSR count). The van der Waals surface area contributed by atoms with Crippen LogP contribution in [-0.4, -0.2) is 33.7 Å². The van der Waals surface area contributed by atoms with Crippen LogP contribution in [0.5, 0.6) is 0 Å². The maximum atomic E-state index is 6.12. The first kappa shape index (κ1) is 15.1. The molecule has 0 saturated heterocycles. The molecule has 0 atom stereocenters. The summed E-state index contributed by atoms with van der Waals surface area (Å²) in [6.45, 7) is 1.40. The Morgan fingerprint density at radius 3 is 2.25 bits per heavy atom. The third kappa shape index (κ3) is 2.53. The number of rotatable bonds is 3. The molecule has 0 bridgehead atoms.